The second-order valence-electron chi connectivity index (χ2n) is 6.95. The number of fused-ring (bicyclic) bond motifs is 1. The normalized spacial score (nSPS) is 17.1. The van der Waals surface area contributed by atoms with Gasteiger partial charge in [0.05, 0.1) is 5.92 Å². The molecule has 2 aromatic heterocycles. The highest BCUT2D eigenvalue weighted by molar-refractivity contribution is 7.20. The number of carbonyl (C=O) groups is 1. The van der Waals surface area contributed by atoms with Crippen molar-refractivity contribution in [2.45, 2.75) is 26.3 Å². The van der Waals surface area contributed by atoms with Crippen LogP contribution >= 0.6 is 11.3 Å². The van der Waals surface area contributed by atoms with E-state index in [9.17, 15) is 14.0 Å². The fourth-order valence-electron chi connectivity index (χ4n) is 3.38. The molecule has 0 saturated carbocycles. The maximum absolute atomic E-state index is 13.3. The summed E-state index contributed by atoms with van der Waals surface area (Å²) < 4.78 is 14.6. The molecule has 3 aromatic rings. The number of amides is 1. The van der Waals surface area contributed by atoms with E-state index < -0.39 is 0 Å². The second kappa shape index (κ2) is 7.67. The summed E-state index contributed by atoms with van der Waals surface area (Å²) in [4.78, 5) is 31.6. The lowest BCUT2D eigenvalue weighted by Crippen LogP contribution is -2.43. The van der Waals surface area contributed by atoms with Crippen molar-refractivity contribution in [3.05, 3.63) is 57.8 Å². The Morgan fingerprint density at radius 1 is 1.39 bits per heavy atom. The van der Waals surface area contributed by atoms with Gasteiger partial charge in [0, 0.05) is 31.4 Å². The lowest BCUT2D eigenvalue weighted by molar-refractivity contribution is -0.125. The van der Waals surface area contributed by atoms with Crippen molar-refractivity contribution in [3.63, 3.8) is 0 Å². The first-order valence-electron chi connectivity index (χ1n) is 9.14. The van der Waals surface area contributed by atoms with Gasteiger partial charge in [-0.2, -0.15) is 4.52 Å². The minimum Gasteiger partial charge on any atom is -0.352 e. The molecule has 1 amide bonds. The van der Waals surface area contributed by atoms with Gasteiger partial charge in [0.25, 0.3) is 5.56 Å². The number of benzene rings is 1. The highest BCUT2D eigenvalue weighted by Gasteiger charge is 2.27. The molecule has 4 rings (SSSR count). The van der Waals surface area contributed by atoms with E-state index in [4.69, 9.17) is 0 Å². The van der Waals surface area contributed by atoms with Crippen LogP contribution in [0.3, 0.4) is 0 Å². The lowest BCUT2D eigenvalue weighted by atomic mass is 9.97. The third-order valence-electron chi connectivity index (χ3n) is 4.78. The summed E-state index contributed by atoms with van der Waals surface area (Å²) in [7, 11) is 0. The van der Waals surface area contributed by atoms with Crippen molar-refractivity contribution in [3.8, 4) is 0 Å². The van der Waals surface area contributed by atoms with E-state index in [1.54, 1.807) is 19.1 Å². The van der Waals surface area contributed by atoms with Crippen LogP contribution < -0.4 is 15.8 Å². The fraction of sp³-hybridized carbons (Fsp3) is 0.368. The topological polar surface area (TPSA) is 79.6 Å². The molecule has 1 fully saturated rings. The maximum atomic E-state index is 13.3. The highest BCUT2D eigenvalue weighted by Crippen LogP contribution is 2.27. The Kier molecular flexibility index (Phi) is 5.08. The number of rotatable bonds is 4. The number of anilines is 1. The van der Waals surface area contributed by atoms with E-state index in [0.29, 0.717) is 28.9 Å². The Bertz CT molecular complexity index is 1080. The highest BCUT2D eigenvalue weighted by atomic mass is 32.1. The molecule has 3 heterocycles. The number of aromatic nitrogens is 3. The summed E-state index contributed by atoms with van der Waals surface area (Å²) in [6, 6.07) is 7.66. The standard InChI is InChI=1S/C19H20FN5O2S/c1-12-8-16(26)25-18(22-12)28-19(23-25)24-7-3-5-14(11-24)17(27)21-10-13-4-2-6-15(20)9-13/h2,4,6,8-9,14H,3,5,7,10-11H2,1H3,(H,21,27). The molecule has 1 unspecified atom stereocenters. The monoisotopic (exact) mass is 401 g/mol. The van der Waals surface area contributed by atoms with E-state index in [1.165, 1.54) is 34.1 Å². The molecule has 9 heteroatoms. The van der Waals surface area contributed by atoms with Gasteiger partial charge in [0.1, 0.15) is 5.82 Å². The molecule has 7 nitrogen and oxygen atoms in total. The third kappa shape index (κ3) is 3.89. The van der Waals surface area contributed by atoms with Gasteiger partial charge in [0.2, 0.25) is 16.0 Å². The molecule has 0 spiro atoms. The van der Waals surface area contributed by atoms with Crippen LogP contribution in [-0.4, -0.2) is 33.6 Å². The van der Waals surface area contributed by atoms with Crippen molar-refractivity contribution < 1.29 is 9.18 Å². The van der Waals surface area contributed by atoms with Crippen LogP contribution in [0.2, 0.25) is 0 Å². The van der Waals surface area contributed by atoms with Gasteiger partial charge < -0.3 is 10.2 Å². The van der Waals surface area contributed by atoms with Crippen LogP contribution in [-0.2, 0) is 11.3 Å². The van der Waals surface area contributed by atoms with Crippen molar-refractivity contribution in [1.29, 1.82) is 0 Å². The van der Waals surface area contributed by atoms with Crippen molar-refractivity contribution >= 4 is 27.3 Å². The average molecular weight is 401 g/mol. The second-order valence-corrected chi connectivity index (χ2v) is 7.88. The van der Waals surface area contributed by atoms with E-state index in [-0.39, 0.29) is 23.2 Å². The minimum absolute atomic E-state index is 0.0544. The predicted molar refractivity (Wildman–Crippen MR) is 105 cm³/mol. The summed E-state index contributed by atoms with van der Waals surface area (Å²) in [5, 5.41) is 7.97. The Labute approximate surface area is 164 Å². The summed E-state index contributed by atoms with van der Waals surface area (Å²) >= 11 is 1.35. The van der Waals surface area contributed by atoms with E-state index >= 15 is 0 Å². The van der Waals surface area contributed by atoms with Crippen LogP contribution in [0.15, 0.2) is 35.1 Å². The third-order valence-corrected chi connectivity index (χ3v) is 5.75. The summed E-state index contributed by atoms with van der Waals surface area (Å²) in [5.74, 6) is -0.549. The van der Waals surface area contributed by atoms with Crippen molar-refractivity contribution in [1.82, 2.24) is 19.9 Å². The Hall–Kier alpha value is -2.81. The molecule has 1 aliphatic heterocycles. The van der Waals surface area contributed by atoms with Gasteiger partial charge in [-0.15, -0.1) is 5.10 Å². The minimum atomic E-state index is -0.314. The molecule has 0 radical (unpaired) electrons. The van der Waals surface area contributed by atoms with E-state index in [1.807, 2.05) is 4.90 Å². The Morgan fingerprint density at radius 2 is 2.25 bits per heavy atom. The number of nitrogens with zero attached hydrogens (tertiary/aromatic N) is 4. The molecular weight excluding hydrogens is 381 g/mol. The zero-order valence-electron chi connectivity index (χ0n) is 15.4. The fourth-order valence-corrected chi connectivity index (χ4v) is 4.37. The molecule has 1 aromatic carbocycles. The van der Waals surface area contributed by atoms with Crippen molar-refractivity contribution in [2.24, 2.45) is 5.92 Å². The molecule has 0 aliphatic carbocycles. The zero-order chi connectivity index (χ0) is 19.7. The van der Waals surface area contributed by atoms with Crippen molar-refractivity contribution in [2.75, 3.05) is 18.0 Å². The van der Waals surface area contributed by atoms with Crippen LogP contribution in [0, 0.1) is 18.7 Å². The Morgan fingerprint density at radius 3 is 3.07 bits per heavy atom. The first-order chi connectivity index (χ1) is 13.5. The van der Waals surface area contributed by atoms with Gasteiger partial charge >= 0.3 is 0 Å². The molecular formula is C19H20FN5O2S. The molecule has 1 saturated heterocycles. The van der Waals surface area contributed by atoms with E-state index in [0.717, 1.165) is 24.9 Å². The van der Waals surface area contributed by atoms with Gasteiger partial charge in [-0.1, -0.05) is 23.5 Å². The first kappa shape index (κ1) is 18.5. The van der Waals surface area contributed by atoms with Gasteiger partial charge in [-0.3, -0.25) is 9.59 Å². The number of carbonyl (C=O) groups excluding carboxylic acids is 1. The first-order valence-corrected chi connectivity index (χ1v) is 9.96. The number of piperidine rings is 1. The quantitative estimate of drug-likeness (QED) is 0.725. The summed E-state index contributed by atoms with van der Waals surface area (Å²) in [6.07, 6.45) is 1.64. The SMILES string of the molecule is Cc1cc(=O)n2nc(N3CCCC(C(=O)NCc4cccc(F)c4)C3)sc2n1. The van der Waals surface area contributed by atoms with Gasteiger partial charge in [0.15, 0.2) is 0 Å². The van der Waals surface area contributed by atoms with Crippen LogP contribution in [0.25, 0.3) is 4.96 Å². The Balaban J connectivity index is 1.44. The van der Waals surface area contributed by atoms with E-state index in [2.05, 4.69) is 15.4 Å². The number of nitrogens with one attached hydrogen (secondary N) is 1. The molecule has 1 N–H and O–H groups in total. The summed E-state index contributed by atoms with van der Waals surface area (Å²) in [5.41, 5.74) is 1.19. The van der Waals surface area contributed by atoms with Crippen LogP contribution in [0.4, 0.5) is 9.52 Å². The lowest BCUT2D eigenvalue weighted by Gasteiger charge is -2.31. The van der Waals surface area contributed by atoms with Gasteiger partial charge in [-0.25, -0.2) is 9.37 Å². The number of hydrogen-bond acceptors (Lipinski definition) is 6. The molecule has 1 aliphatic rings. The summed E-state index contributed by atoms with van der Waals surface area (Å²) in [6.45, 7) is 3.39. The largest absolute Gasteiger partial charge is 0.352 e. The van der Waals surface area contributed by atoms with Crippen LogP contribution in [0.1, 0.15) is 24.1 Å². The zero-order valence-corrected chi connectivity index (χ0v) is 16.2. The molecule has 1 atom stereocenters. The smallest absolute Gasteiger partial charge is 0.275 e. The number of hydrogen-bond donors (Lipinski definition) is 1. The molecule has 146 valence electrons. The van der Waals surface area contributed by atoms with Crippen LogP contribution in [0.5, 0.6) is 0 Å². The average Bonchev–Trinajstić information content (AvgIpc) is 3.11. The van der Waals surface area contributed by atoms with Gasteiger partial charge in [-0.05, 0) is 37.5 Å². The molecule has 0 bridgehead atoms. The number of halogens is 1. The molecule has 28 heavy (non-hydrogen) atoms. The number of aryl methyl sites for hydroxylation is 1. The maximum Gasteiger partial charge on any atom is 0.275 e. The predicted octanol–water partition coefficient (Wildman–Crippen LogP) is 2.13.